The van der Waals surface area contributed by atoms with Crippen molar-refractivity contribution in [3.05, 3.63) is 42.2 Å². The predicted octanol–water partition coefficient (Wildman–Crippen LogP) is 0.983. The van der Waals surface area contributed by atoms with Crippen LogP contribution in [-0.4, -0.2) is 63.0 Å². The zero-order valence-electron chi connectivity index (χ0n) is 13.9. The smallest absolute Gasteiger partial charge is 0.251 e. The van der Waals surface area contributed by atoms with Crippen LogP contribution in [-0.2, 0) is 0 Å². The number of benzene rings is 1. The summed E-state index contributed by atoms with van der Waals surface area (Å²) < 4.78 is 15.5. The number of aliphatic hydroxyl groups excluding tert-OH is 1. The summed E-state index contributed by atoms with van der Waals surface area (Å²) in [6.07, 6.45) is 4.99. The van der Waals surface area contributed by atoms with Crippen LogP contribution in [0.4, 0.5) is 4.39 Å². The highest BCUT2D eigenvalue weighted by molar-refractivity contribution is 5.94. The Morgan fingerprint density at radius 3 is 2.84 bits per heavy atom. The topological polar surface area (TPSA) is 83.3 Å². The SMILES string of the molecule is O=C(NCCCN1CCC(O)CC1)c1ccc(-n2cncn2)c(F)c1. The second-order valence-electron chi connectivity index (χ2n) is 6.19. The van der Waals surface area contributed by atoms with Crippen LogP contribution in [0.3, 0.4) is 0 Å². The minimum atomic E-state index is -0.523. The van der Waals surface area contributed by atoms with Gasteiger partial charge in [-0.25, -0.2) is 14.1 Å². The standard InChI is InChI=1S/C17H22FN5O2/c18-15-10-13(2-3-16(15)23-12-19-11-21-23)17(25)20-6-1-7-22-8-4-14(24)5-9-22/h2-3,10-12,14,24H,1,4-9H2,(H,20,25). The van der Waals surface area contributed by atoms with E-state index in [-0.39, 0.29) is 23.3 Å². The first-order valence-electron chi connectivity index (χ1n) is 8.46. The molecular weight excluding hydrogens is 325 g/mol. The number of hydrogen-bond donors (Lipinski definition) is 2. The third-order valence-corrected chi connectivity index (χ3v) is 4.37. The second kappa shape index (κ2) is 8.17. The molecule has 1 aliphatic rings. The number of carbonyl (C=O) groups excluding carboxylic acids is 1. The number of aromatic nitrogens is 3. The van der Waals surface area contributed by atoms with E-state index in [4.69, 9.17) is 0 Å². The Labute approximate surface area is 145 Å². The number of aliphatic hydroxyl groups is 1. The molecule has 0 atom stereocenters. The Hall–Kier alpha value is -2.32. The van der Waals surface area contributed by atoms with Crippen molar-refractivity contribution < 1.29 is 14.3 Å². The van der Waals surface area contributed by atoms with Crippen LogP contribution >= 0.6 is 0 Å². The van der Waals surface area contributed by atoms with Crippen molar-refractivity contribution >= 4 is 5.91 Å². The van der Waals surface area contributed by atoms with E-state index in [1.165, 1.54) is 29.5 Å². The number of piperidine rings is 1. The molecule has 0 unspecified atom stereocenters. The summed E-state index contributed by atoms with van der Waals surface area (Å²) in [6.45, 7) is 3.20. The summed E-state index contributed by atoms with van der Waals surface area (Å²) in [6, 6.07) is 4.29. The van der Waals surface area contributed by atoms with Crippen LogP contribution in [0.2, 0.25) is 0 Å². The monoisotopic (exact) mass is 347 g/mol. The van der Waals surface area contributed by atoms with Crippen LogP contribution in [0.5, 0.6) is 0 Å². The molecule has 0 bridgehead atoms. The van der Waals surface area contributed by atoms with E-state index in [0.29, 0.717) is 6.54 Å². The van der Waals surface area contributed by atoms with Gasteiger partial charge < -0.3 is 15.3 Å². The van der Waals surface area contributed by atoms with Crippen LogP contribution in [0.25, 0.3) is 5.69 Å². The summed E-state index contributed by atoms with van der Waals surface area (Å²) in [7, 11) is 0. The fourth-order valence-corrected chi connectivity index (χ4v) is 2.92. The van der Waals surface area contributed by atoms with Crippen LogP contribution in [0, 0.1) is 5.82 Å². The van der Waals surface area contributed by atoms with Gasteiger partial charge in [0.1, 0.15) is 24.2 Å². The fraction of sp³-hybridized carbons (Fsp3) is 0.471. The lowest BCUT2D eigenvalue weighted by molar-refractivity contribution is 0.0816. The maximum Gasteiger partial charge on any atom is 0.251 e. The molecule has 134 valence electrons. The number of amides is 1. The molecule has 0 saturated carbocycles. The van der Waals surface area contributed by atoms with Gasteiger partial charge in [-0.15, -0.1) is 0 Å². The molecule has 1 aliphatic heterocycles. The first-order valence-corrected chi connectivity index (χ1v) is 8.46. The molecular formula is C17H22FN5O2. The first kappa shape index (κ1) is 17.5. The average Bonchev–Trinajstić information content (AvgIpc) is 3.14. The average molecular weight is 347 g/mol. The molecule has 1 aromatic carbocycles. The Balaban J connectivity index is 1.46. The number of carbonyl (C=O) groups is 1. The lowest BCUT2D eigenvalue weighted by Gasteiger charge is -2.29. The summed E-state index contributed by atoms with van der Waals surface area (Å²) in [5.74, 6) is -0.817. The Morgan fingerprint density at radius 1 is 1.36 bits per heavy atom. The highest BCUT2D eigenvalue weighted by Gasteiger charge is 2.16. The molecule has 1 fully saturated rings. The normalized spacial score (nSPS) is 16.1. The zero-order valence-corrected chi connectivity index (χ0v) is 13.9. The molecule has 2 aromatic rings. The Morgan fingerprint density at radius 2 is 2.16 bits per heavy atom. The van der Waals surface area contributed by atoms with E-state index in [2.05, 4.69) is 20.3 Å². The van der Waals surface area contributed by atoms with Crippen LogP contribution in [0.15, 0.2) is 30.9 Å². The number of likely N-dealkylation sites (tertiary alicyclic amines) is 1. The lowest BCUT2D eigenvalue weighted by atomic mass is 10.1. The van der Waals surface area contributed by atoms with Crippen molar-refractivity contribution in [3.8, 4) is 5.69 Å². The van der Waals surface area contributed by atoms with Gasteiger partial charge in [0, 0.05) is 25.2 Å². The molecule has 2 heterocycles. The van der Waals surface area contributed by atoms with Gasteiger partial charge in [0.2, 0.25) is 0 Å². The second-order valence-corrected chi connectivity index (χ2v) is 6.19. The van der Waals surface area contributed by atoms with Gasteiger partial charge in [0.15, 0.2) is 0 Å². The van der Waals surface area contributed by atoms with E-state index in [1.807, 2.05) is 0 Å². The molecule has 2 N–H and O–H groups in total. The molecule has 0 radical (unpaired) electrons. The number of hydrogen-bond acceptors (Lipinski definition) is 5. The molecule has 7 nitrogen and oxygen atoms in total. The zero-order chi connectivity index (χ0) is 17.6. The summed E-state index contributed by atoms with van der Waals surface area (Å²) in [4.78, 5) is 18.2. The molecule has 8 heteroatoms. The molecule has 0 aliphatic carbocycles. The summed E-state index contributed by atoms with van der Waals surface area (Å²) in [5, 5.41) is 16.2. The van der Waals surface area contributed by atoms with Gasteiger partial charge in [-0.2, -0.15) is 5.10 Å². The van der Waals surface area contributed by atoms with Gasteiger partial charge in [-0.05, 0) is 44.0 Å². The maximum atomic E-state index is 14.1. The largest absolute Gasteiger partial charge is 0.393 e. The Bertz CT molecular complexity index is 699. The number of rotatable bonds is 6. The highest BCUT2D eigenvalue weighted by atomic mass is 19.1. The van der Waals surface area contributed by atoms with E-state index in [9.17, 15) is 14.3 Å². The van der Waals surface area contributed by atoms with Crippen molar-refractivity contribution in [1.82, 2.24) is 25.0 Å². The number of nitrogens with one attached hydrogen (secondary N) is 1. The summed E-state index contributed by atoms with van der Waals surface area (Å²) in [5.41, 5.74) is 0.531. The molecule has 0 spiro atoms. The number of nitrogens with zero attached hydrogens (tertiary/aromatic N) is 4. The van der Waals surface area contributed by atoms with E-state index >= 15 is 0 Å². The maximum absolute atomic E-state index is 14.1. The van der Waals surface area contributed by atoms with Crippen molar-refractivity contribution in [2.75, 3.05) is 26.2 Å². The van der Waals surface area contributed by atoms with E-state index in [1.54, 1.807) is 6.07 Å². The van der Waals surface area contributed by atoms with E-state index in [0.717, 1.165) is 38.9 Å². The van der Waals surface area contributed by atoms with Crippen molar-refractivity contribution in [3.63, 3.8) is 0 Å². The minimum Gasteiger partial charge on any atom is -0.393 e. The first-order chi connectivity index (χ1) is 12.1. The van der Waals surface area contributed by atoms with Crippen LogP contribution < -0.4 is 5.32 Å². The predicted molar refractivity (Wildman–Crippen MR) is 89.9 cm³/mol. The number of halogens is 1. The third kappa shape index (κ3) is 4.61. The molecule has 1 amide bonds. The highest BCUT2D eigenvalue weighted by Crippen LogP contribution is 2.14. The van der Waals surface area contributed by atoms with Gasteiger partial charge >= 0.3 is 0 Å². The van der Waals surface area contributed by atoms with Crippen LogP contribution in [0.1, 0.15) is 29.6 Å². The fourth-order valence-electron chi connectivity index (χ4n) is 2.92. The quantitative estimate of drug-likeness (QED) is 0.761. The molecule has 1 aromatic heterocycles. The Kier molecular flexibility index (Phi) is 5.72. The van der Waals surface area contributed by atoms with Gasteiger partial charge in [-0.3, -0.25) is 4.79 Å². The minimum absolute atomic E-state index is 0.175. The van der Waals surface area contributed by atoms with Crippen molar-refractivity contribution in [2.45, 2.75) is 25.4 Å². The third-order valence-electron chi connectivity index (χ3n) is 4.37. The molecule has 1 saturated heterocycles. The lowest BCUT2D eigenvalue weighted by Crippen LogP contribution is -2.37. The van der Waals surface area contributed by atoms with Crippen molar-refractivity contribution in [1.29, 1.82) is 0 Å². The van der Waals surface area contributed by atoms with E-state index < -0.39 is 5.82 Å². The van der Waals surface area contributed by atoms with Crippen molar-refractivity contribution in [2.24, 2.45) is 0 Å². The van der Waals surface area contributed by atoms with Gasteiger partial charge in [-0.1, -0.05) is 0 Å². The van der Waals surface area contributed by atoms with Gasteiger partial charge in [0.25, 0.3) is 5.91 Å². The molecule has 3 rings (SSSR count). The van der Waals surface area contributed by atoms with Gasteiger partial charge in [0.05, 0.1) is 6.10 Å². The summed E-state index contributed by atoms with van der Waals surface area (Å²) >= 11 is 0. The molecule has 25 heavy (non-hydrogen) atoms.